The smallest absolute Gasteiger partial charge is 0.323 e. The number of amides is 3. The van der Waals surface area contributed by atoms with Crippen molar-refractivity contribution in [3.63, 3.8) is 0 Å². The van der Waals surface area contributed by atoms with E-state index in [4.69, 9.17) is 5.73 Å². The van der Waals surface area contributed by atoms with Crippen LogP contribution in [-0.4, -0.2) is 18.0 Å². The van der Waals surface area contributed by atoms with Crippen molar-refractivity contribution in [1.29, 1.82) is 0 Å². The fourth-order valence-corrected chi connectivity index (χ4v) is 3.41. The monoisotopic (exact) mass is 366 g/mol. The van der Waals surface area contributed by atoms with Crippen LogP contribution in [-0.2, 0) is 4.79 Å². The molecule has 2 atom stereocenters. The normalized spacial score (nSPS) is 18.7. The van der Waals surface area contributed by atoms with E-state index in [1.807, 2.05) is 49.4 Å². The third-order valence-electron chi connectivity index (χ3n) is 4.97. The molecule has 0 aliphatic heterocycles. The molecule has 5 N–H and O–H groups in total. The Morgan fingerprint density at radius 3 is 2.44 bits per heavy atom. The van der Waals surface area contributed by atoms with E-state index >= 15 is 0 Å². The highest BCUT2D eigenvalue weighted by molar-refractivity contribution is 6.00. The van der Waals surface area contributed by atoms with Crippen LogP contribution in [0.4, 0.5) is 21.9 Å². The molecule has 6 heteroatoms. The van der Waals surface area contributed by atoms with Crippen LogP contribution in [0, 0.1) is 12.8 Å². The molecule has 0 bridgehead atoms. The topological polar surface area (TPSA) is 96.2 Å². The molecule has 0 aromatic heterocycles. The molecule has 3 rings (SSSR count). The van der Waals surface area contributed by atoms with Gasteiger partial charge < -0.3 is 21.7 Å². The van der Waals surface area contributed by atoms with Gasteiger partial charge in [0.25, 0.3) is 0 Å². The molecule has 2 aromatic carbocycles. The van der Waals surface area contributed by atoms with Gasteiger partial charge in [-0.15, -0.1) is 0 Å². The van der Waals surface area contributed by atoms with Gasteiger partial charge in [-0.1, -0.05) is 30.7 Å². The largest absolute Gasteiger partial charge is 0.327 e. The number of rotatable bonds is 5. The molecular formula is C21H26N4O2. The third-order valence-corrected chi connectivity index (χ3v) is 4.97. The van der Waals surface area contributed by atoms with Crippen molar-refractivity contribution < 1.29 is 9.59 Å². The second-order valence-electron chi connectivity index (χ2n) is 7.08. The number of anilines is 3. The number of hydrogen-bond acceptors (Lipinski definition) is 3. The number of carbonyl (C=O) groups is 2. The lowest BCUT2D eigenvalue weighted by Gasteiger charge is -2.16. The minimum atomic E-state index is -0.334. The molecule has 2 aromatic rings. The summed E-state index contributed by atoms with van der Waals surface area (Å²) in [6, 6.07) is 14.4. The van der Waals surface area contributed by atoms with E-state index in [1.54, 1.807) is 6.07 Å². The molecule has 1 aliphatic rings. The fraction of sp³-hybridized carbons (Fsp3) is 0.333. The Bertz CT molecular complexity index is 807. The zero-order valence-corrected chi connectivity index (χ0v) is 15.5. The standard InChI is InChI=1S/C21H26N4O2/c1-14-10-11-17(24-21(27)23-16-7-3-2-4-8-16)13-19(14)25-20(26)12-15-6-5-9-18(15)22/h2-4,7-8,10-11,13,15,18H,5-6,9,12,22H2,1H3,(H,25,26)(H2,23,24,27)/t15-,18+/m0/s1. The Morgan fingerprint density at radius 2 is 1.74 bits per heavy atom. The number of nitrogens with one attached hydrogen (secondary N) is 3. The quantitative estimate of drug-likeness (QED) is 0.641. The van der Waals surface area contributed by atoms with Gasteiger partial charge in [-0.2, -0.15) is 0 Å². The molecule has 6 nitrogen and oxygen atoms in total. The van der Waals surface area contributed by atoms with Crippen molar-refractivity contribution in [3.05, 3.63) is 54.1 Å². The van der Waals surface area contributed by atoms with Crippen LogP contribution in [0.25, 0.3) is 0 Å². The van der Waals surface area contributed by atoms with Crippen molar-refractivity contribution >= 4 is 29.0 Å². The highest BCUT2D eigenvalue weighted by atomic mass is 16.2. The molecule has 0 unspecified atom stereocenters. The van der Waals surface area contributed by atoms with E-state index in [1.165, 1.54) is 0 Å². The average Bonchev–Trinajstić information content (AvgIpc) is 3.03. The predicted molar refractivity (Wildman–Crippen MR) is 109 cm³/mol. The van der Waals surface area contributed by atoms with Gasteiger partial charge in [0.15, 0.2) is 0 Å². The molecule has 1 fully saturated rings. The molecule has 0 spiro atoms. The summed E-state index contributed by atoms with van der Waals surface area (Å²) in [6.45, 7) is 1.92. The van der Waals surface area contributed by atoms with Crippen LogP contribution < -0.4 is 21.7 Å². The first-order valence-corrected chi connectivity index (χ1v) is 9.30. The van der Waals surface area contributed by atoms with Crippen LogP contribution in [0.2, 0.25) is 0 Å². The summed E-state index contributed by atoms with van der Waals surface area (Å²) in [7, 11) is 0. The lowest BCUT2D eigenvalue weighted by molar-refractivity contribution is -0.117. The first-order valence-electron chi connectivity index (χ1n) is 9.30. The molecule has 1 aliphatic carbocycles. The molecule has 1 saturated carbocycles. The first kappa shape index (κ1) is 18.9. The number of carbonyl (C=O) groups excluding carboxylic acids is 2. The van der Waals surface area contributed by atoms with Crippen molar-refractivity contribution in [2.45, 2.75) is 38.6 Å². The van der Waals surface area contributed by atoms with Crippen LogP contribution in [0.15, 0.2) is 48.5 Å². The molecule has 142 valence electrons. The predicted octanol–water partition coefficient (Wildman–Crippen LogP) is 4.10. The maximum Gasteiger partial charge on any atom is 0.323 e. The van der Waals surface area contributed by atoms with Gasteiger partial charge in [-0.3, -0.25) is 4.79 Å². The summed E-state index contributed by atoms with van der Waals surface area (Å²) < 4.78 is 0. The number of hydrogen-bond donors (Lipinski definition) is 4. The Kier molecular flexibility index (Phi) is 6.08. The maximum atomic E-state index is 12.4. The Morgan fingerprint density at radius 1 is 1.00 bits per heavy atom. The molecule has 0 saturated heterocycles. The summed E-state index contributed by atoms with van der Waals surface area (Å²) in [5.41, 5.74) is 9.02. The Hall–Kier alpha value is -2.86. The van der Waals surface area contributed by atoms with Crippen molar-refractivity contribution in [3.8, 4) is 0 Å². The van der Waals surface area contributed by atoms with E-state index in [0.29, 0.717) is 23.5 Å². The van der Waals surface area contributed by atoms with Crippen LogP contribution in [0.5, 0.6) is 0 Å². The van der Waals surface area contributed by atoms with E-state index in [9.17, 15) is 9.59 Å². The van der Waals surface area contributed by atoms with Gasteiger partial charge in [0.2, 0.25) is 5.91 Å². The molecular weight excluding hydrogens is 340 g/mol. The van der Waals surface area contributed by atoms with Gasteiger partial charge >= 0.3 is 6.03 Å². The van der Waals surface area contributed by atoms with Gasteiger partial charge in [0.05, 0.1) is 0 Å². The van der Waals surface area contributed by atoms with Crippen molar-refractivity contribution in [1.82, 2.24) is 0 Å². The van der Waals surface area contributed by atoms with Crippen LogP contribution in [0.1, 0.15) is 31.2 Å². The zero-order chi connectivity index (χ0) is 19.2. The summed E-state index contributed by atoms with van der Waals surface area (Å²) in [4.78, 5) is 24.5. The number of nitrogens with two attached hydrogens (primary N) is 1. The van der Waals surface area contributed by atoms with Crippen molar-refractivity contribution in [2.75, 3.05) is 16.0 Å². The summed E-state index contributed by atoms with van der Waals surface area (Å²) >= 11 is 0. The number of benzene rings is 2. The van der Waals surface area contributed by atoms with Gasteiger partial charge in [0.1, 0.15) is 0 Å². The first-order chi connectivity index (χ1) is 13.0. The zero-order valence-electron chi connectivity index (χ0n) is 15.5. The summed E-state index contributed by atoms with van der Waals surface area (Å²) in [5, 5.41) is 8.51. The number of urea groups is 1. The van der Waals surface area contributed by atoms with E-state index in [-0.39, 0.29) is 23.9 Å². The number of aryl methyl sites for hydroxylation is 1. The third kappa shape index (κ3) is 5.31. The van der Waals surface area contributed by atoms with Crippen LogP contribution >= 0.6 is 0 Å². The van der Waals surface area contributed by atoms with E-state index in [0.717, 1.165) is 24.8 Å². The molecule has 27 heavy (non-hydrogen) atoms. The fourth-order valence-electron chi connectivity index (χ4n) is 3.41. The van der Waals surface area contributed by atoms with Crippen LogP contribution in [0.3, 0.4) is 0 Å². The second-order valence-corrected chi connectivity index (χ2v) is 7.08. The SMILES string of the molecule is Cc1ccc(NC(=O)Nc2ccccc2)cc1NC(=O)C[C@@H]1CCC[C@H]1N. The van der Waals surface area contributed by atoms with Crippen molar-refractivity contribution in [2.24, 2.45) is 11.7 Å². The molecule has 0 radical (unpaired) electrons. The average molecular weight is 366 g/mol. The summed E-state index contributed by atoms with van der Waals surface area (Å²) in [5.74, 6) is 0.217. The van der Waals surface area contributed by atoms with Gasteiger partial charge in [-0.05, 0) is 55.5 Å². The minimum absolute atomic E-state index is 0.0358. The lowest BCUT2D eigenvalue weighted by atomic mass is 10.00. The summed E-state index contributed by atoms with van der Waals surface area (Å²) in [6.07, 6.45) is 3.53. The minimum Gasteiger partial charge on any atom is -0.327 e. The maximum absolute atomic E-state index is 12.4. The van der Waals surface area contributed by atoms with Gasteiger partial charge in [-0.25, -0.2) is 4.79 Å². The highest BCUT2D eigenvalue weighted by Gasteiger charge is 2.26. The highest BCUT2D eigenvalue weighted by Crippen LogP contribution is 2.28. The Balaban J connectivity index is 1.60. The Labute approximate surface area is 159 Å². The molecule has 0 heterocycles. The lowest BCUT2D eigenvalue weighted by Crippen LogP contribution is -2.28. The van der Waals surface area contributed by atoms with E-state index < -0.39 is 0 Å². The van der Waals surface area contributed by atoms with E-state index in [2.05, 4.69) is 16.0 Å². The molecule has 3 amide bonds. The number of para-hydroxylation sites is 1. The second kappa shape index (κ2) is 8.68. The van der Waals surface area contributed by atoms with Gasteiger partial charge in [0, 0.05) is 29.5 Å².